The first-order chi connectivity index (χ1) is 9.02. The van der Waals surface area contributed by atoms with Crippen LogP contribution in [0.3, 0.4) is 0 Å². The molecular formula is C15H14BrFOS. The lowest BCUT2D eigenvalue weighted by Gasteiger charge is -2.05. The van der Waals surface area contributed by atoms with Gasteiger partial charge in [0.25, 0.3) is 0 Å². The Kier molecular flexibility index (Phi) is 4.53. The predicted octanol–water partition coefficient (Wildman–Crippen LogP) is 5.61. The van der Waals surface area contributed by atoms with E-state index in [1.807, 2.05) is 26.0 Å². The summed E-state index contributed by atoms with van der Waals surface area (Å²) in [5.74, 6) is -0.121. The van der Waals surface area contributed by atoms with Crippen molar-refractivity contribution in [1.82, 2.24) is 0 Å². The molecule has 0 atom stereocenters. The van der Waals surface area contributed by atoms with Gasteiger partial charge in [-0.3, -0.25) is 4.79 Å². The molecule has 0 saturated heterocycles. The first kappa shape index (κ1) is 14.4. The number of benzene rings is 1. The number of aryl methyl sites for hydroxylation is 1. The van der Waals surface area contributed by atoms with Crippen LogP contribution >= 0.6 is 27.3 Å². The molecule has 2 aromatic rings. The number of hydrogen-bond acceptors (Lipinski definition) is 2. The smallest absolute Gasteiger partial charge is 0.172 e. The molecule has 0 aliphatic heterocycles. The lowest BCUT2D eigenvalue weighted by Crippen LogP contribution is -1.93. The van der Waals surface area contributed by atoms with Crippen molar-refractivity contribution in [2.45, 2.75) is 26.7 Å². The molecule has 0 fully saturated rings. The van der Waals surface area contributed by atoms with E-state index in [-0.39, 0.29) is 11.6 Å². The molecule has 1 heterocycles. The van der Waals surface area contributed by atoms with Gasteiger partial charge in [-0.05, 0) is 64.7 Å². The molecule has 1 nitrogen and oxygen atoms in total. The van der Waals surface area contributed by atoms with E-state index in [1.54, 1.807) is 6.07 Å². The fourth-order valence-corrected chi connectivity index (χ4v) is 3.41. The van der Waals surface area contributed by atoms with Gasteiger partial charge in [0.15, 0.2) is 5.78 Å². The lowest BCUT2D eigenvalue weighted by molar-refractivity contribution is 0.0985. The fraction of sp³-hybridized carbons (Fsp3) is 0.267. The Hall–Kier alpha value is -1.00. The van der Waals surface area contributed by atoms with Crippen molar-refractivity contribution < 1.29 is 9.18 Å². The molecule has 0 radical (unpaired) electrons. The van der Waals surface area contributed by atoms with Crippen LogP contribution in [0.4, 0.5) is 4.39 Å². The van der Waals surface area contributed by atoms with Crippen LogP contribution in [0.2, 0.25) is 0 Å². The van der Waals surface area contributed by atoms with E-state index in [9.17, 15) is 9.18 Å². The molecule has 0 saturated carbocycles. The largest absolute Gasteiger partial charge is 0.293 e. The van der Waals surface area contributed by atoms with Crippen LogP contribution in [0.15, 0.2) is 28.7 Å². The molecule has 1 aromatic heterocycles. The van der Waals surface area contributed by atoms with Crippen molar-refractivity contribution in [1.29, 1.82) is 0 Å². The van der Waals surface area contributed by atoms with E-state index in [1.165, 1.54) is 17.4 Å². The zero-order valence-corrected chi connectivity index (χ0v) is 13.2. The molecule has 0 aliphatic carbocycles. The van der Waals surface area contributed by atoms with E-state index in [2.05, 4.69) is 15.9 Å². The summed E-state index contributed by atoms with van der Waals surface area (Å²) in [6.07, 6.45) is 1.41. The molecule has 0 aliphatic rings. The zero-order valence-electron chi connectivity index (χ0n) is 10.8. The van der Waals surface area contributed by atoms with Crippen LogP contribution in [-0.4, -0.2) is 5.78 Å². The third kappa shape index (κ3) is 3.12. The normalized spacial score (nSPS) is 10.7. The molecule has 100 valence electrons. The number of halogens is 2. The first-order valence-corrected chi connectivity index (χ1v) is 7.73. The molecule has 0 amide bonds. The average Bonchev–Trinajstić information content (AvgIpc) is 2.83. The highest BCUT2D eigenvalue weighted by molar-refractivity contribution is 9.10. The second-order valence-corrected chi connectivity index (χ2v) is 6.36. The molecule has 0 unspecified atom stereocenters. The van der Waals surface area contributed by atoms with Crippen LogP contribution in [-0.2, 0) is 0 Å². The van der Waals surface area contributed by atoms with Gasteiger partial charge in [-0.2, -0.15) is 0 Å². The SMILES string of the molecule is CCCC(=O)c1ccc(-c2cc(F)c(Br)cc2C)s1. The zero-order chi connectivity index (χ0) is 14.0. The van der Waals surface area contributed by atoms with Gasteiger partial charge in [-0.1, -0.05) is 6.92 Å². The maximum Gasteiger partial charge on any atom is 0.172 e. The van der Waals surface area contributed by atoms with Gasteiger partial charge in [-0.15, -0.1) is 11.3 Å². The van der Waals surface area contributed by atoms with Gasteiger partial charge < -0.3 is 0 Å². The van der Waals surface area contributed by atoms with E-state index < -0.39 is 0 Å². The third-order valence-electron chi connectivity index (χ3n) is 2.89. The standard InChI is InChI=1S/C15H14BrFOS/c1-3-4-13(18)15-6-5-14(19-15)10-8-12(17)11(16)7-9(10)2/h5-8H,3-4H2,1-2H3. The summed E-state index contributed by atoms with van der Waals surface area (Å²) in [7, 11) is 0. The van der Waals surface area contributed by atoms with Gasteiger partial charge in [0, 0.05) is 11.3 Å². The minimum atomic E-state index is -0.282. The third-order valence-corrected chi connectivity index (χ3v) is 4.66. The van der Waals surface area contributed by atoms with E-state index >= 15 is 0 Å². The minimum Gasteiger partial charge on any atom is -0.293 e. The summed E-state index contributed by atoms with van der Waals surface area (Å²) in [6.45, 7) is 3.92. The van der Waals surface area contributed by atoms with Crippen LogP contribution < -0.4 is 0 Å². The average molecular weight is 341 g/mol. The maximum atomic E-state index is 13.6. The van der Waals surface area contributed by atoms with Crippen molar-refractivity contribution in [2.75, 3.05) is 0 Å². The number of rotatable bonds is 4. The van der Waals surface area contributed by atoms with Crippen LogP contribution in [0, 0.1) is 12.7 Å². The van der Waals surface area contributed by atoms with E-state index in [0.29, 0.717) is 10.9 Å². The molecule has 0 N–H and O–H groups in total. The monoisotopic (exact) mass is 340 g/mol. The predicted molar refractivity (Wildman–Crippen MR) is 81.4 cm³/mol. The summed E-state index contributed by atoms with van der Waals surface area (Å²) in [4.78, 5) is 13.5. The van der Waals surface area contributed by atoms with Gasteiger partial charge in [0.2, 0.25) is 0 Å². The molecule has 0 bridgehead atoms. The Bertz CT molecular complexity index is 619. The number of carbonyl (C=O) groups is 1. The summed E-state index contributed by atoms with van der Waals surface area (Å²) < 4.78 is 14.1. The quantitative estimate of drug-likeness (QED) is 0.661. The number of carbonyl (C=O) groups excluding carboxylic acids is 1. The Balaban J connectivity index is 2.38. The highest BCUT2D eigenvalue weighted by Gasteiger charge is 2.12. The van der Waals surface area contributed by atoms with Gasteiger partial charge in [-0.25, -0.2) is 4.39 Å². The highest BCUT2D eigenvalue weighted by Crippen LogP contribution is 2.33. The number of ketones is 1. The fourth-order valence-electron chi connectivity index (χ4n) is 1.89. The highest BCUT2D eigenvalue weighted by atomic mass is 79.9. The van der Waals surface area contributed by atoms with Gasteiger partial charge in [0.05, 0.1) is 9.35 Å². The van der Waals surface area contributed by atoms with Crippen LogP contribution in [0.1, 0.15) is 35.0 Å². The molecule has 2 rings (SSSR count). The summed E-state index contributed by atoms with van der Waals surface area (Å²) in [6, 6.07) is 7.00. The molecular weight excluding hydrogens is 327 g/mol. The molecule has 19 heavy (non-hydrogen) atoms. The maximum absolute atomic E-state index is 13.6. The summed E-state index contributed by atoms with van der Waals surface area (Å²) in [5, 5.41) is 0. The number of thiophene rings is 1. The van der Waals surface area contributed by atoms with Crippen molar-refractivity contribution in [3.8, 4) is 10.4 Å². The second-order valence-electron chi connectivity index (χ2n) is 4.42. The first-order valence-electron chi connectivity index (χ1n) is 6.12. The number of hydrogen-bond donors (Lipinski definition) is 0. The second kappa shape index (κ2) is 5.97. The Morgan fingerprint density at radius 2 is 2.11 bits per heavy atom. The Morgan fingerprint density at radius 1 is 1.37 bits per heavy atom. The topological polar surface area (TPSA) is 17.1 Å². The van der Waals surface area contributed by atoms with Gasteiger partial charge in [0.1, 0.15) is 5.82 Å². The van der Waals surface area contributed by atoms with Crippen LogP contribution in [0.5, 0.6) is 0 Å². The lowest BCUT2D eigenvalue weighted by atomic mass is 10.1. The minimum absolute atomic E-state index is 0.161. The Labute approximate surface area is 124 Å². The molecule has 1 aromatic carbocycles. The molecule has 0 spiro atoms. The van der Waals surface area contributed by atoms with E-state index in [4.69, 9.17) is 0 Å². The number of Topliss-reactive ketones (excluding diaryl/α,β-unsaturated/α-hetero) is 1. The van der Waals surface area contributed by atoms with Crippen molar-refractivity contribution >= 4 is 33.0 Å². The van der Waals surface area contributed by atoms with E-state index in [0.717, 1.165) is 27.3 Å². The Morgan fingerprint density at radius 3 is 2.79 bits per heavy atom. The summed E-state index contributed by atoms with van der Waals surface area (Å²) >= 11 is 4.61. The van der Waals surface area contributed by atoms with Crippen molar-refractivity contribution in [2.24, 2.45) is 0 Å². The van der Waals surface area contributed by atoms with Crippen molar-refractivity contribution in [3.63, 3.8) is 0 Å². The van der Waals surface area contributed by atoms with Crippen LogP contribution in [0.25, 0.3) is 10.4 Å². The van der Waals surface area contributed by atoms with Gasteiger partial charge >= 0.3 is 0 Å². The molecule has 4 heteroatoms. The van der Waals surface area contributed by atoms with Crippen molar-refractivity contribution in [3.05, 3.63) is 45.0 Å². The summed E-state index contributed by atoms with van der Waals surface area (Å²) in [5.41, 5.74) is 1.84.